The predicted octanol–water partition coefficient (Wildman–Crippen LogP) is 4.13. The van der Waals surface area contributed by atoms with Crippen LogP contribution in [-0.2, 0) is 16.0 Å². The number of methoxy groups -OCH3 is 1. The van der Waals surface area contributed by atoms with Crippen molar-refractivity contribution in [1.82, 2.24) is 10.2 Å². The van der Waals surface area contributed by atoms with Crippen molar-refractivity contribution in [3.8, 4) is 11.5 Å². The maximum absolute atomic E-state index is 12.6. The van der Waals surface area contributed by atoms with Crippen LogP contribution < -0.4 is 14.8 Å². The summed E-state index contributed by atoms with van der Waals surface area (Å²) in [6, 6.07) is 11.1. The van der Waals surface area contributed by atoms with Gasteiger partial charge in [0.2, 0.25) is 5.91 Å². The summed E-state index contributed by atoms with van der Waals surface area (Å²) in [4.78, 5) is 15.0. The normalized spacial score (nSPS) is 15.4. The number of benzene rings is 2. The van der Waals surface area contributed by atoms with Gasteiger partial charge in [-0.15, -0.1) is 0 Å². The third kappa shape index (κ3) is 6.50. The number of carbonyl (C=O) groups excluding carboxylic acids is 1. The molecule has 1 aliphatic rings. The first-order valence-corrected chi connectivity index (χ1v) is 11.1. The standard InChI is InChI=1S/C23H28Cl2N2O4/c1-3-31-21-7-5-17(12-22(21)29-2)20(27-8-10-30-11-9-27)15-26-23(28)13-16-4-6-18(24)14-19(16)25/h4-7,12,14,20H,3,8-11,13,15H2,1-2H3,(H,26,28)/t20-/m1/s1. The molecule has 0 aromatic heterocycles. The minimum Gasteiger partial charge on any atom is -0.493 e. The van der Waals surface area contributed by atoms with Crippen LogP contribution in [0.3, 0.4) is 0 Å². The van der Waals surface area contributed by atoms with Crippen LogP contribution >= 0.6 is 23.2 Å². The Kier molecular flexibility index (Phi) is 8.84. The molecule has 1 amide bonds. The number of hydrogen-bond donors (Lipinski definition) is 1. The summed E-state index contributed by atoms with van der Waals surface area (Å²) in [5.41, 5.74) is 1.79. The molecule has 168 valence electrons. The molecule has 2 aromatic carbocycles. The maximum Gasteiger partial charge on any atom is 0.224 e. The number of carbonyl (C=O) groups is 1. The zero-order valence-corrected chi connectivity index (χ0v) is 19.3. The Morgan fingerprint density at radius 1 is 1.16 bits per heavy atom. The summed E-state index contributed by atoms with van der Waals surface area (Å²) in [7, 11) is 1.63. The first-order chi connectivity index (χ1) is 15.0. The molecule has 2 aromatic rings. The molecule has 0 aliphatic carbocycles. The first kappa shape index (κ1) is 23.7. The van der Waals surface area contributed by atoms with Crippen molar-refractivity contribution in [2.45, 2.75) is 19.4 Å². The molecule has 1 N–H and O–H groups in total. The highest BCUT2D eigenvalue weighted by atomic mass is 35.5. The first-order valence-electron chi connectivity index (χ1n) is 10.3. The summed E-state index contributed by atoms with van der Waals surface area (Å²) in [5.74, 6) is 1.29. The van der Waals surface area contributed by atoms with E-state index in [1.165, 1.54) is 0 Å². The van der Waals surface area contributed by atoms with Gasteiger partial charge in [0.25, 0.3) is 0 Å². The van der Waals surface area contributed by atoms with Crippen LogP contribution in [-0.4, -0.2) is 57.4 Å². The fourth-order valence-electron chi connectivity index (χ4n) is 3.62. The van der Waals surface area contributed by atoms with Crippen molar-refractivity contribution in [2.75, 3.05) is 46.6 Å². The quantitative estimate of drug-likeness (QED) is 0.601. The summed E-state index contributed by atoms with van der Waals surface area (Å²) in [5, 5.41) is 4.10. The predicted molar refractivity (Wildman–Crippen MR) is 122 cm³/mol. The molecule has 1 heterocycles. The van der Waals surface area contributed by atoms with Gasteiger partial charge in [-0.25, -0.2) is 0 Å². The number of rotatable bonds is 9. The molecule has 0 spiro atoms. The molecule has 0 saturated carbocycles. The van der Waals surface area contributed by atoms with Gasteiger partial charge in [0.05, 0.1) is 39.4 Å². The third-order valence-electron chi connectivity index (χ3n) is 5.22. The molecule has 31 heavy (non-hydrogen) atoms. The largest absolute Gasteiger partial charge is 0.493 e. The van der Waals surface area contributed by atoms with Crippen LogP contribution in [0.1, 0.15) is 24.1 Å². The van der Waals surface area contributed by atoms with E-state index in [2.05, 4.69) is 10.2 Å². The Morgan fingerprint density at radius 2 is 1.94 bits per heavy atom. The van der Waals surface area contributed by atoms with E-state index in [1.807, 2.05) is 25.1 Å². The average molecular weight is 467 g/mol. The van der Waals surface area contributed by atoms with Crippen molar-refractivity contribution < 1.29 is 19.0 Å². The Balaban J connectivity index is 1.74. The van der Waals surface area contributed by atoms with Gasteiger partial charge in [0, 0.05) is 29.7 Å². The van der Waals surface area contributed by atoms with E-state index in [0.717, 1.165) is 24.2 Å². The highest BCUT2D eigenvalue weighted by molar-refractivity contribution is 6.35. The topological polar surface area (TPSA) is 60.0 Å². The Bertz CT molecular complexity index is 888. The van der Waals surface area contributed by atoms with Crippen LogP contribution in [0, 0.1) is 0 Å². The van der Waals surface area contributed by atoms with Crippen LogP contribution in [0.5, 0.6) is 11.5 Å². The second-order valence-corrected chi connectivity index (χ2v) is 8.07. The van der Waals surface area contributed by atoms with Gasteiger partial charge in [0.1, 0.15) is 0 Å². The summed E-state index contributed by atoms with van der Waals surface area (Å²) >= 11 is 12.2. The van der Waals surface area contributed by atoms with Gasteiger partial charge in [-0.1, -0.05) is 35.3 Å². The molecular formula is C23H28Cl2N2O4. The van der Waals surface area contributed by atoms with Gasteiger partial charge < -0.3 is 19.5 Å². The molecule has 1 saturated heterocycles. The Labute approximate surface area is 193 Å². The van der Waals surface area contributed by atoms with Gasteiger partial charge >= 0.3 is 0 Å². The number of ether oxygens (including phenoxy) is 3. The number of nitrogens with one attached hydrogen (secondary N) is 1. The lowest BCUT2D eigenvalue weighted by Crippen LogP contribution is -2.44. The summed E-state index contributed by atoms with van der Waals surface area (Å²) in [6.45, 7) is 5.87. The zero-order valence-electron chi connectivity index (χ0n) is 17.8. The van der Waals surface area contributed by atoms with Crippen LogP contribution in [0.4, 0.5) is 0 Å². The highest BCUT2D eigenvalue weighted by Gasteiger charge is 2.24. The number of hydrogen-bond acceptors (Lipinski definition) is 5. The minimum absolute atomic E-state index is 0.0156. The second kappa shape index (κ2) is 11.6. The Hall–Kier alpha value is -1.99. The molecule has 1 atom stereocenters. The van der Waals surface area contributed by atoms with Crippen LogP contribution in [0.25, 0.3) is 0 Å². The van der Waals surface area contributed by atoms with Gasteiger partial charge in [-0.05, 0) is 42.3 Å². The number of amides is 1. The minimum atomic E-state index is -0.0969. The van der Waals surface area contributed by atoms with E-state index in [4.69, 9.17) is 37.4 Å². The Morgan fingerprint density at radius 3 is 2.61 bits per heavy atom. The van der Waals surface area contributed by atoms with E-state index < -0.39 is 0 Å². The lowest BCUT2D eigenvalue weighted by atomic mass is 10.0. The molecule has 1 aliphatic heterocycles. The van der Waals surface area contributed by atoms with E-state index in [1.54, 1.807) is 25.3 Å². The van der Waals surface area contributed by atoms with Gasteiger partial charge in [0.15, 0.2) is 11.5 Å². The van der Waals surface area contributed by atoms with Crippen LogP contribution in [0.15, 0.2) is 36.4 Å². The number of morpholine rings is 1. The molecular weight excluding hydrogens is 439 g/mol. The molecule has 0 unspecified atom stereocenters. The summed E-state index contributed by atoms with van der Waals surface area (Å²) in [6.07, 6.45) is 0.193. The van der Waals surface area contributed by atoms with Crippen molar-refractivity contribution in [2.24, 2.45) is 0 Å². The SMILES string of the molecule is CCOc1ccc([C@@H](CNC(=O)Cc2ccc(Cl)cc2Cl)N2CCOCC2)cc1OC. The zero-order chi connectivity index (χ0) is 22.2. The number of nitrogens with zero attached hydrogens (tertiary/aromatic N) is 1. The molecule has 8 heteroatoms. The van der Waals surface area contributed by atoms with Gasteiger partial charge in [-0.3, -0.25) is 9.69 Å². The smallest absolute Gasteiger partial charge is 0.224 e. The molecule has 0 bridgehead atoms. The van der Waals surface area contributed by atoms with E-state index in [0.29, 0.717) is 47.9 Å². The van der Waals surface area contributed by atoms with Crippen molar-refractivity contribution >= 4 is 29.1 Å². The summed E-state index contributed by atoms with van der Waals surface area (Å²) < 4.78 is 16.7. The molecule has 1 fully saturated rings. The monoisotopic (exact) mass is 466 g/mol. The highest BCUT2D eigenvalue weighted by Crippen LogP contribution is 2.32. The average Bonchev–Trinajstić information content (AvgIpc) is 2.77. The van der Waals surface area contributed by atoms with Crippen LogP contribution in [0.2, 0.25) is 10.0 Å². The van der Waals surface area contributed by atoms with Crippen molar-refractivity contribution in [1.29, 1.82) is 0 Å². The molecule has 0 radical (unpaired) electrons. The van der Waals surface area contributed by atoms with E-state index >= 15 is 0 Å². The molecule has 6 nitrogen and oxygen atoms in total. The number of halogens is 2. The van der Waals surface area contributed by atoms with E-state index in [9.17, 15) is 4.79 Å². The second-order valence-electron chi connectivity index (χ2n) is 7.22. The maximum atomic E-state index is 12.6. The lowest BCUT2D eigenvalue weighted by molar-refractivity contribution is -0.120. The fraction of sp³-hybridized carbons (Fsp3) is 0.435. The molecule has 3 rings (SSSR count). The van der Waals surface area contributed by atoms with E-state index in [-0.39, 0.29) is 18.4 Å². The lowest BCUT2D eigenvalue weighted by Gasteiger charge is -2.35. The van der Waals surface area contributed by atoms with Crippen molar-refractivity contribution in [3.63, 3.8) is 0 Å². The van der Waals surface area contributed by atoms with Crippen molar-refractivity contribution in [3.05, 3.63) is 57.6 Å². The third-order valence-corrected chi connectivity index (χ3v) is 5.80. The fourth-order valence-corrected chi connectivity index (χ4v) is 4.10. The van der Waals surface area contributed by atoms with Gasteiger partial charge in [-0.2, -0.15) is 0 Å².